The highest BCUT2D eigenvalue weighted by Crippen LogP contribution is 2.30. The number of hydrogen-bond acceptors (Lipinski definition) is 3. The second-order valence-corrected chi connectivity index (χ2v) is 5.43. The summed E-state index contributed by atoms with van der Waals surface area (Å²) in [4.78, 5) is 13.6. The van der Waals surface area contributed by atoms with Gasteiger partial charge in [0.2, 0.25) is 0 Å². The maximum absolute atomic E-state index is 11.6. The average molecular weight is 269 g/mol. The number of carboxylic acid groups (broad SMARTS) is 1. The Bertz CT molecular complexity index is 454. The van der Waals surface area contributed by atoms with Crippen LogP contribution in [0.15, 0.2) is 24.3 Å². The number of rotatable bonds is 3. The molecule has 0 aliphatic carbocycles. The molecule has 1 fully saturated rings. The maximum atomic E-state index is 11.6. The molecule has 2 unspecified atom stereocenters. The maximum Gasteiger partial charge on any atom is 0.330 e. The molecule has 98 valence electrons. The molecule has 0 amide bonds. The number of nitrogens with one attached hydrogen (secondary N) is 1. The largest absolute Gasteiger partial charge is 0.479 e. The standard InChI is InChI=1S/C13H17ClN2O2/c1-9-7-13(12(17)18,8-16(9)2)15-11-5-3-4-10(14)6-11/h3-6,9,15H,7-8H2,1-2H3,(H,17,18). The van der Waals surface area contributed by atoms with Gasteiger partial charge in [0.25, 0.3) is 0 Å². The second-order valence-electron chi connectivity index (χ2n) is 4.99. The summed E-state index contributed by atoms with van der Waals surface area (Å²) in [7, 11) is 1.94. The molecule has 1 heterocycles. The van der Waals surface area contributed by atoms with Crippen molar-refractivity contribution in [2.75, 3.05) is 18.9 Å². The van der Waals surface area contributed by atoms with E-state index in [0.29, 0.717) is 18.0 Å². The Morgan fingerprint density at radius 1 is 1.61 bits per heavy atom. The Balaban J connectivity index is 2.25. The fraction of sp³-hybridized carbons (Fsp3) is 0.462. The van der Waals surface area contributed by atoms with Crippen molar-refractivity contribution in [2.45, 2.75) is 24.9 Å². The van der Waals surface area contributed by atoms with Crippen LogP contribution in [-0.2, 0) is 4.79 Å². The first-order valence-electron chi connectivity index (χ1n) is 5.90. The van der Waals surface area contributed by atoms with E-state index in [-0.39, 0.29) is 6.04 Å². The zero-order valence-corrected chi connectivity index (χ0v) is 11.2. The van der Waals surface area contributed by atoms with Crippen molar-refractivity contribution in [2.24, 2.45) is 0 Å². The molecule has 1 aliphatic rings. The number of benzene rings is 1. The molecular formula is C13H17ClN2O2. The van der Waals surface area contributed by atoms with Crippen LogP contribution in [0, 0.1) is 0 Å². The predicted octanol–water partition coefficient (Wildman–Crippen LogP) is 2.30. The number of nitrogens with zero attached hydrogens (tertiary/aromatic N) is 1. The van der Waals surface area contributed by atoms with E-state index in [0.717, 1.165) is 5.69 Å². The lowest BCUT2D eigenvalue weighted by atomic mass is 9.96. The molecule has 2 rings (SSSR count). The summed E-state index contributed by atoms with van der Waals surface area (Å²) in [5.74, 6) is -0.821. The van der Waals surface area contributed by atoms with Gasteiger partial charge in [-0.25, -0.2) is 4.79 Å². The van der Waals surface area contributed by atoms with Crippen LogP contribution in [0.1, 0.15) is 13.3 Å². The van der Waals surface area contributed by atoms with Crippen LogP contribution in [0.5, 0.6) is 0 Å². The zero-order valence-electron chi connectivity index (χ0n) is 10.5. The van der Waals surface area contributed by atoms with E-state index in [1.165, 1.54) is 0 Å². The van der Waals surface area contributed by atoms with Crippen LogP contribution >= 0.6 is 11.6 Å². The number of halogens is 1. The van der Waals surface area contributed by atoms with Gasteiger partial charge in [-0.3, -0.25) is 0 Å². The molecule has 1 aromatic carbocycles. The first-order valence-corrected chi connectivity index (χ1v) is 6.28. The number of hydrogen-bond donors (Lipinski definition) is 2. The van der Waals surface area contributed by atoms with Crippen LogP contribution < -0.4 is 5.32 Å². The Labute approximate surface area is 112 Å². The Hall–Kier alpha value is -1.26. The van der Waals surface area contributed by atoms with Crippen LogP contribution in [0.25, 0.3) is 0 Å². The second kappa shape index (κ2) is 4.78. The van der Waals surface area contributed by atoms with Crippen LogP contribution in [0.4, 0.5) is 5.69 Å². The lowest BCUT2D eigenvalue weighted by Crippen LogP contribution is -2.48. The van der Waals surface area contributed by atoms with E-state index in [9.17, 15) is 9.90 Å². The highest BCUT2D eigenvalue weighted by molar-refractivity contribution is 6.30. The lowest BCUT2D eigenvalue weighted by molar-refractivity contribution is -0.141. The summed E-state index contributed by atoms with van der Waals surface area (Å²) in [6, 6.07) is 7.40. The summed E-state index contributed by atoms with van der Waals surface area (Å²) in [6.45, 7) is 2.51. The van der Waals surface area contributed by atoms with E-state index in [4.69, 9.17) is 11.6 Å². The summed E-state index contributed by atoms with van der Waals surface area (Å²) in [5, 5.41) is 13.2. The molecule has 2 N–H and O–H groups in total. The van der Waals surface area contributed by atoms with Gasteiger partial charge in [-0.15, -0.1) is 0 Å². The van der Waals surface area contributed by atoms with Crippen molar-refractivity contribution in [3.8, 4) is 0 Å². The average Bonchev–Trinajstić information content (AvgIpc) is 2.55. The molecule has 0 aromatic heterocycles. The molecule has 4 nitrogen and oxygen atoms in total. The summed E-state index contributed by atoms with van der Waals surface area (Å²) >= 11 is 5.91. The van der Waals surface area contributed by atoms with Crippen molar-refractivity contribution < 1.29 is 9.90 Å². The van der Waals surface area contributed by atoms with E-state index < -0.39 is 11.5 Å². The van der Waals surface area contributed by atoms with Crippen LogP contribution in [-0.4, -0.2) is 41.1 Å². The lowest BCUT2D eigenvalue weighted by Gasteiger charge is -2.26. The van der Waals surface area contributed by atoms with Gasteiger partial charge in [0, 0.05) is 23.3 Å². The van der Waals surface area contributed by atoms with Gasteiger partial charge in [0.1, 0.15) is 5.54 Å². The van der Waals surface area contributed by atoms with Crippen molar-refractivity contribution >= 4 is 23.3 Å². The monoisotopic (exact) mass is 268 g/mol. The molecule has 1 saturated heterocycles. The van der Waals surface area contributed by atoms with Gasteiger partial charge in [0.05, 0.1) is 0 Å². The van der Waals surface area contributed by atoms with Crippen LogP contribution in [0.2, 0.25) is 5.02 Å². The fourth-order valence-corrected chi connectivity index (χ4v) is 2.64. The number of aliphatic carboxylic acids is 1. The first kappa shape index (κ1) is 13.2. The third kappa shape index (κ3) is 2.44. The van der Waals surface area contributed by atoms with Crippen molar-refractivity contribution in [1.29, 1.82) is 0 Å². The normalized spacial score (nSPS) is 28.3. The molecule has 0 radical (unpaired) electrons. The molecular weight excluding hydrogens is 252 g/mol. The van der Waals surface area contributed by atoms with Gasteiger partial charge in [-0.2, -0.15) is 0 Å². The minimum absolute atomic E-state index is 0.243. The number of carbonyl (C=O) groups is 1. The number of likely N-dealkylation sites (N-methyl/N-ethyl adjacent to an activating group) is 1. The van der Waals surface area contributed by atoms with Crippen molar-refractivity contribution in [3.63, 3.8) is 0 Å². The number of likely N-dealkylation sites (tertiary alicyclic amines) is 1. The highest BCUT2D eigenvalue weighted by Gasteiger charge is 2.47. The number of carboxylic acids is 1. The van der Waals surface area contributed by atoms with Gasteiger partial charge in [-0.05, 0) is 38.6 Å². The predicted molar refractivity (Wildman–Crippen MR) is 72.2 cm³/mol. The van der Waals surface area contributed by atoms with Gasteiger partial charge in [-0.1, -0.05) is 17.7 Å². The highest BCUT2D eigenvalue weighted by atomic mass is 35.5. The zero-order chi connectivity index (χ0) is 13.3. The minimum Gasteiger partial charge on any atom is -0.479 e. The Morgan fingerprint density at radius 2 is 2.33 bits per heavy atom. The molecule has 2 atom stereocenters. The molecule has 0 bridgehead atoms. The quantitative estimate of drug-likeness (QED) is 0.883. The summed E-state index contributed by atoms with van der Waals surface area (Å²) < 4.78 is 0. The molecule has 18 heavy (non-hydrogen) atoms. The molecule has 0 spiro atoms. The Morgan fingerprint density at radius 3 is 2.83 bits per heavy atom. The topological polar surface area (TPSA) is 52.6 Å². The Kier molecular flexibility index (Phi) is 3.50. The fourth-order valence-electron chi connectivity index (χ4n) is 2.45. The minimum atomic E-state index is -0.932. The molecule has 0 saturated carbocycles. The smallest absolute Gasteiger partial charge is 0.330 e. The summed E-state index contributed by atoms with van der Waals surface area (Å²) in [5.41, 5.74) is -0.189. The van der Waals surface area contributed by atoms with Gasteiger partial charge >= 0.3 is 5.97 Å². The SMILES string of the molecule is CC1CC(Nc2cccc(Cl)c2)(C(=O)O)CN1C. The van der Waals surface area contributed by atoms with Gasteiger partial charge in [0.15, 0.2) is 0 Å². The van der Waals surface area contributed by atoms with Crippen molar-refractivity contribution in [3.05, 3.63) is 29.3 Å². The first-order chi connectivity index (χ1) is 8.43. The van der Waals surface area contributed by atoms with E-state index >= 15 is 0 Å². The third-order valence-electron chi connectivity index (χ3n) is 3.53. The van der Waals surface area contributed by atoms with E-state index in [2.05, 4.69) is 5.32 Å². The van der Waals surface area contributed by atoms with E-state index in [1.54, 1.807) is 12.1 Å². The van der Waals surface area contributed by atoms with E-state index in [1.807, 2.05) is 31.0 Å². The van der Waals surface area contributed by atoms with Gasteiger partial charge < -0.3 is 15.3 Å². The molecule has 1 aliphatic heterocycles. The third-order valence-corrected chi connectivity index (χ3v) is 3.77. The summed E-state index contributed by atoms with van der Waals surface area (Å²) in [6.07, 6.45) is 0.575. The molecule has 5 heteroatoms. The number of anilines is 1. The van der Waals surface area contributed by atoms with Crippen LogP contribution in [0.3, 0.4) is 0 Å². The van der Waals surface area contributed by atoms with Crippen molar-refractivity contribution in [1.82, 2.24) is 4.90 Å². The molecule has 1 aromatic rings.